The molecule has 0 saturated carbocycles. The van der Waals surface area contributed by atoms with E-state index in [-0.39, 0.29) is 12.5 Å². The van der Waals surface area contributed by atoms with Crippen molar-refractivity contribution >= 4 is 29.2 Å². The van der Waals surface area contributed by atoms with Gasteiger partial charge < -0.3 is 9.84 Å². The molecule has 1 heterocycles. The third-order valence-electron chi connectivity index (χ3n) is 2.23. The minimum atomic E-state index is -0.832. The van der Waals surface area contributed by atoms with Crippen LogP contribution in [0, 0.1) is 0 Å². The van der Waals surface area contributed by atoms with E-state index in [1.165, 1.54) is 5.54 Å². The number of morpholine rings is 1. The van der Waals surface area contributed by atoms with Gasteiger partial charge in [0.1, 0.15) is 0 Å². The van der Waals surface area contributed by atoms with E-state index in [0.29, 0.717) is 31.3 Å². The fourth-order valence-electron chi connectivity index (χ4n) is 1.52. The molecule has 6 heteroatoms. The van der Waals surface area contributed by atoms with Gasteiger partial charge in [-0.1, -0.05) is 23.2 Å². The van der Waals surface area contributed by atoms with Crippen molar-refractivity contribution in [3.05, 3.63) is 10.6 Å². The fourth-order valence-corrected chi connectivity index (χ4v) is 1.74. The van der Waals surface area contributed by atoms with Crippen LogP contribution in [0.2, 0.25) is 0 Å². The van der Waals surface area contributed by atoms with Crippen molar-refractivity contribution in [2.45, 2.75) is 12.5 Å². The van der Waals surface area contributed by atoms with Crippen LogP contribution in [-0.4, -0.2) is 48.3 Å². The Morgan fingerprint density at radius 3 is 3.00 bits per heavy atom. The maximum Gasteiger partial charge on any atom is 0.305 e. The maximum absolute atomic E-state index is 10.6. The summed E-state index contributed by atoms with van der Waals surface area (Å²) in [4.78, 5) is 12.6. The molecule has 0 bridgehead atoms. The Hall–Kier alpha value is -0.290. The van der Waals surface area contributed by atoms with E-state index in [0.717, 1.165) is 0 Å². The zero-order valence-electron chi connectivity index (χ0n) is 8.16. The molecule has 1 rings (SSSR count). The SMILES string of the molecule is O=C(O)CC1COCCN1CC(Cl)=CCl. The minimum absolute atomic E-state index is 0.0620. The Morgan fingerprint density at radius 1 is 1.67 bits per heavy atom. The normalized spacial score (nSPS) is 24.1. The average molecular weight is 254 g/mol. The monoisotopic (exact) mass is 253 g/mol. The van der Waals surface area contributed by atoms with Crippen LogP contribution in [0.15, 0.2) is 10.6 Å². The van der Waals surface area contributed by atoms with Crippen LogP contribution in [0.25, 0.3) is 0 Å². The summed E-state index contributed by atoms with van der Waals surface area (Å²) in [5, 5.41) is 9.23. The van der Waals surface area contributed by atoms with Gasteiger partial charge in [0.15, 0.2) is 0 Å². The number of carbonyl (C=O) groups is 1. The average Bonchev–Trinajstić information content (AvgIpc) is 2.20. The van der Waals surface area contributed by atoms with Gasteiger partial charge in [-0.2, -0.15) is 0 Å². The summed E-state index contributed by atoms with van der Waals surface area (Å²) in [6.45, 7) is 2.19. The van der Waals surface area contributed by atoms with Crippen molar-refractivity contribution in [3.8, 4) is 0 Å². The van der Waals surface area contributed by atoms with Gasteiger partial charge in [-0.15, -0.1) is 0 Å². The highest BCUT2D eigenvalue weighted by Gasteiger charge is 2.25. The van der Waals surface area contributed by atoms with E-state index in [4.69, 9.17) is 33.0 Å². The largest absolute Gasteiger partial charge is 0.481 e. The fraction of sp³-hybridized carbons (Fsp3) is 0.667. The molecule has 1 unspecified atom stereocenters. The van der Waals surface area contributed by atoms with Gasteiger partial charge in [0, 0.05) is 29.7 Å². The van der Waals surface area contributed by atoms with Crippen LogP contribution < -0.4 is 0 Å². The van der Waals surface area contributed by atoms with Crippen LogP contribution in [0.3, 0.4) is 0 Å². The Morgan fingerprint density at radius 2 is 2.40 bits per heavy atom. The quantitative estimate of drug-likeness (QED) is 0.825. The molecule has 1 atom stereocenters. The van der Waals surface area contributed by atoms with E-state index in [1.54, 1.807) is 0 Å². The molecule has 1 fully saturated rings. The van der Waals surface area contributed by atoms with E-state index in [1.807, 2.05) is 4.90 Å². The number of hydrogen-bond donors (Lipinski definition) is 1. The standard InChI is InChI=1S/C9H13Cl2NO3/c10-4-7(11)5-12-1-2-15-6-8(12)3-9(13)14/h4,8H,1-3,5-6H2,(H,13,14). The summed E-state index contributed by atoms with van der Waals surface area (Å²) in [6, 6.07) is -0.124. The molecule has 1 aliphatic heterocycles. The second-order valence-electron chi connectivity index (χ2n) is 3.35. The summed E-state index contributed by atoms with van der Waals surface area (Å²) < 4.78 is 5.23. The predicted octanol–water partition coefficient (Wildman–Crippen LogP) is 1.48. The summed E-state index contributed by atoms with van der Waals surface area (Å²) >= 11 is 11.3. The van der Waals surface area contributed by atoms with Crippen LogP contribution in [0.5, 0.6) is 0 Å². The molecule has 86 valence electrons. The van der Waals surface area contributed by atoms with Crippen molar-refractivity contribution in [2.24, 2.45) is 0 Å². The van der Waals surface area contributed by atoms with E-state index in [2.05, 4.69) is 0 Å². The highest BCUT2D eigenvalue weighted by Crippen LogP contribution is 2.15. The maximum atomic E-state index is 10.6. The summed E-state index contributed by atoms with van der Waals surface area (Å²) in [6.07, 6.45) is 0.0620. The van der Waals surface area contributed by atoms with E-state index >= 15 is 0 Å². The molecule has 1 N–H and O–H groups in total. The first-order chi connectivity index (χ1) is 7.13. The molecule has 0 spiro atoms. The summed E-state index contributed by atoms with van der Waals surface area (Å²) in [5.74, 6) is -0.832. The Bertz CT molecular complexity index is 258. The van der Waals surface area contributed by atoms with Crippen LogP contribution in [0.4, 0.5) is 0 Å². The topological polar surface area (TPSA) is 49.8 Å². The molecular weight excluding hydrogens is 241 g/mol. The predicted molar refractivity (Wildman–Crippen MR) is 58.2 cm³/mol. The summed E-state index contributed by atoms with van der Waals surface area (Å²) in [7, 11) is 0. The minimum Gasteiger partial charge on any atom is -0.481 e. The third-order valence-corrected chi connectivity index (χ3v) is 2.84. The number of carboxylic acid groups (broad SMARTS) is 1. The lowest BCUT2D eigenvalue weighted by molar-refractivity contribution is -0.140. The third kappa shape index (κ3) is 4.38. The first-order valence-corrected chi connectivity index (χ1v) is 5.43. The second-order valence-corrected chi connectivity index (χ2v) is 4.06. The molecule has 15 heavy (non-hydrogen) atoms. The molecule has 0 aliphatic carbocycles. The van der Waals surface area contributed by atoms with Crippen molar-refractivity contribution < 1.29 is 14.6 Å². The Labute approximate surface area is 98.4 Å². The van der Waals surface area contributed by atoms with Gasteiger partial charge in [0.25, 0.3) is 0 Å². The number of aliphatic carboxylic acids is 1. The molecule has 4 nitrogen and oxygen atoms in total. The van der Waals surface area contributed by atoms with Crippen LogP contribution in [-0.2, 0) is 9.53 Å². The number of carboxylic acids is 1. The molecule has 1 saturated heterocycles. The zero-order chi connectivity index (χ0) is 11.3. The molecule has 0 aromatic heterocycles. The molecule has 0 amide bonds. The van der Waals surface area contributed by atoms with Gasteiger partial charge in [0.2, 0.25) is 0 Å². The highest BCUT2D eigenvalue weighted by atomic mass is 35.5. The molecular formula is C9H13Cl2NO3. The lowest BCUT2D eigenvalue weighted by Crippen LogP contribution is -2.46. The van der Waals surface area contributed by atoms with E-state index in [9.17, 15) is 4.79 Å². The number of ether oxygens (including phenoxy) is 1. The van der Waals surface area contributed by atoms with Gasteiger partial charge in [-0.05, 0) is 0 Å². The van der Waals surface area contributed by atoms with Crippen molar-refractivity contribution in [1.82, 2.24) is 4.90 Å². The van der Waals surface area contributed by atoms with Crippen molar-refractivity contribution in [2.75, 3.05) is 26.3 Å². The first-order valence-electron chi connectivity index (χ1n) is 4.62. The number of rotatable bonds is 4. The van der Waals surface area contributed by atoms with E-state index < -0.39 is 5.97 Å². The number of hydrogen-bond acceptors (Lipinski definition) is 3. The lowest BCUT2D eigenvalue weighted by Gasteiger charge is -2.34. The van der Waals surface area contributed by atoms with Gasteiger partial charge in [-0.3, -0.25) is 9.69 Å². The zero-order valence-corrected chi connectivity index (χ0v) is 9.67. The molecule has 0 aromatic carbocycles. The molecule has 0 radical (unpaired) electrons. The smallest absolute Gasteiger partial charge is 0.305 e. The molecule has 0 aromatic rings. The highest BCUT2D eigenvalue weighted by molar-refractivity contribution is 6.36. The molecule has 1 aliphatic rings. The van der Waals surface area contributed by atoms with Gasteiger partial charge in [-0.25, -0.2) is 0 Å². The van der Waals surface area contributed by atoms with Gasteiger partial charge >= 0.3 is 5.97 Å². The number of nitrogens with zero attached hydrogens (tertiary/aromatic N) is 1. The summed E-state index contributed by atoms with van der Waals surface area (Å²) in [5.41, 5.74) is 1.30. The second kappa shape index (κ2) is 6.33. The Kier molecular flexibility index (Phi) is 5.39. The first kappa shape index (κ1) is 12.8. The Balaban J connectivity index is 2.53. The van der Waals surface area contributed by atoms with Crippen LogP contribution in [0.1, 0.15) is 6.42 Å². The van der Waals surface area contributed by atoms with Crippen molar-refractivity contribution in [1.29, 1.82) is 0 Å². The lowest BCUT2D eigenvalue weighted by atomic mass is 10.1. The van der Waals surface area contributed by atoms with Crippen LogP contribution >= 0.6 is 23.2 Å². The van der Waals surface area contributed by atoms with Gasteiger partial charge in [0.05, 0.1) is 19.6 Å². The number of halogens is 2. The van der Waals surface area contributed by atoms with Crippen molar-refractivity contribution in [3.63, 3.8) is 0 Å².